The van der Waals surface area contributed by atoms with Crippen LogP contribution in [0.1, 0.15) is 29.4 Å². The lowest BCUT2D eigenvalue weighted by atomic mass is 9.86. The average molecular weight is 270 g/mol. The highest BCUT2D eigenvalue weighted by Gasteiger charge is 2.29. The molecule has 0 aliphatic heterocycles. The Labute approximate surface area is 118 Å². The van der Waals surface area contributed by atoms with E-state index in [1.165, 1.54) is 0 Å². The van der Waals surface area contributed by atoms with Crippen LogP contribution in [0.5, 0.6) is 5.75 Å². The van der Waals surface area contributed by atoms with E-state index in [0.717, 1.165) is 34.7 Å². The van der Waals surface area contributed by atoms with Gasteiger partial charge in [0.1, 0.15) is 11.4 Å². The van der Waals surface area contributed by atoms with Crippen LogP contribution in [0.25, 0.3) is 11.3 Å². The van der Waals surface area contributed by atoms with E-state index in [9.17, 15) is 4.79 Å². The molecule has 1 atom stereocenters. The molecule has 4 nitrogen and oxygen atoms in total. The van der Waals surface area contributed by atoms with Gasteiger partial charge in [-0.15, -0.1) is 0 Å². The van der Waals surface area contributed by atoms with Crippen LogP contribution in [0.4, 0.5) is 0 Å². The number of aromatic nitrogens is 2. The Bertz CT molecular complexity index is 656. The average Bonchev–Trinajstić information content (AvgIpc) is 2.77. The van der Waals surface area contributed by atoms with Crippen molar-refractivity contribution in [3.63, 3.8) is 0 Å². The van der Waals surface area contributed by atoms with E-state index in [0.29, 0.717) is 12.3 Å². The number of Topliss-reactive ketones (excluding diaryl/α,β-unsaturated/α-hetero) is 1. The molecule has 20 heavy (non-hydrogen) atoms. The lowest BCUT2D eigenvalue weighted by molar-refractivity contribution is 0.0953. The van der Waals surface area contributed by atoms with Gasteiger partial charge in [0.05, 0.1) is 12.7 Å². The number of aryl methyl sites for hydroxylation is 1. The van der Waals surface area contributed by atoms with E-state index < -0.39 is 0 Å². The third-order valence-corrected chi connectivity index (χ3v) is 3.88. The molecule has 1 aliphatic rings. The Morgan fingerprint density at radius 1 is 1.25 bits per heavy atom. The first kappa shape index (κ1) is 12.9. The van der Waals surface area contributed by atoms with Crippen molar-refractivity contribution < 1.29 is 9.53 Å². The van der Waals surface area contributed by atoms with Crippen LogP contribution in [0.3, 0.4) is 0 Å². The Kier molecular flexibility index (Phi) is 3.08. The van der Waals surface area contributed by atoms with Crippen molar-refractivity contribution in [2.45, 2.75) is 19.8 Å². The van der Waals surface area contributed by atoms with E-state index in [4.69, 9.17) is 4.74 Å². The number of carbonyl (C=O) groups excluding carboxylic acids is 1. The first-order valence-electron chi connectivity index (χ1n) is 6.83. The van der Waals surface area contributed by atoms with Gasteiger partial charge in [-0.3, -0.25) is 9.48 Å². The van der Waals surface area contributed by atoms with Crippen LogP contribution in [-0.2, 0) is 13.5 Å². The number of nitrogens with zero attached hydrogens (tertiary/aromatic N) is 2. The third kappa shape index (κ3) is 2.01. The number of ketones is 1. The molecule has 1 aromatic heterocycles. The van der Waals surface area contributed by atoms with Crippen LogP contribution < -0.4 is 4.74 Å². The zero-order chi connectivity index (χ0) is 14.3. The molecule has 0 saturated carbocycles. The minimum absolute atomic E-state index is 0.206. The van der Waals surface area contributed by atoms with E-state index in [1.54, 1.807) is 7.11 Å². The second-order valence-electron chi connectivity index (χ2n) is 5.46. The molecule has 104 valence electrons. The highest BCUT2D eigenvalue weighted by atomic mass is 16.5. The summed E-state index contributed by atoms with van der Waals surface area (Å²) in [6.45, 7) is 2.11. The molecule has 0 N–H and O–H groups in total. The molecule has 0 fully saturated rings. The number of carbonyl (C=O) groups is 1. The summed E-state index contributed by atoms with van der Waals surface area (Å²) in [6, 6.07) is 7.69. The van der Waals surface area contributed by atoms with Gasteiger partial charge in [0.2, 0.25) is 0 Å². The van der Waals surface area contributed by atoms with Crippen LogP contribution in [0.15, 0.2) is 24.3 Å². The Morgan fingerprint density at radius 2 is 1.95 bits per heavy atom. The number of benzene rings is 1. The van der Waals surface area contributed by atoms with Crippen molar-refractivity contribution in [3.8, 4) is 17.0 Å². The maximum Gasteiger partial charge on any atom is 0.167 e. The van der Waals surface area contributed by atoms with Crippen molar-refractivity contribution in [1.29, 1.82) is 0 Å². The fraction of sp³-hybridized carbons (Fsp3) is 0.375. The molecular weight excluding hydrogens is 252 g/mol. The summed E-state index contributed by atoms with van der Waals surface area (Å²) < 4.78 is 7.02. The number of methoxy groups -OCH3 is 1. The topological polar surface area (TPSA) is 44.1 Å². The van der Waals surface area contributed by atoms with Crippen LogP contribution in [-0.4, -0.2) is 22.7 Å². The number of fused-ring (bicyclic) bond motifs is 1. The summed E-state index contributed by atoms with van der Waals surface area (Å²) in [4.78, 5) is 12.3. The molecule has 1 heterocycles. The highest BCUT2D eigenvalue weighted by Crippen LogP contribution is 2.33. The summed E-state index contributed by atoms with van der Waals surface area (Å²) in [5.74, 6) is 1.41. The standard InChI is InChI=1S/C16H18N2O2/c1-10-8-13-15(14(19)9-10)16(17-18(13)2)11-4-6-12(20-3)7-5-11/h4-7,10H,8-9H2,1-3H3/t10-/m0/s1. The highest BCUT2D eigenvalue weighted by molar-refractivity contribution is 6.03. The van der Waals surface area contributed by atoms with Crippen molar-refractivity contribution in [1.82, 2.24) is 9.78 Å². The SMILES string of the molecule is COc1ccc(-c2nn(C)c3c2C(=O)C[C@@H](C)C3)cc1. The zero-order valence-electron chi connectivity index (χ0n) is 12.0. The number of hydrogen-bond acceptors (Lipinski definition) is 3. The first-order chi connectivity index (χ1) is 9.60. The zero-order valence-corrected chi connectivity index (χ0v) is 12.0. The minimum Gasteiger partial charge on any atom is -0.497 e. The second kappa shape index (κ2) is 4.78. The summed E-state index contributed by atoms with van der Waals surface area (Å²) in [5.41, 5.74) is 3.61. The van der Waals surface area contributed by atoms with Crippen molar-refractivity contribution in [2.24, 2.45) is 13.0 Å². The maximum atomic E-state index is 12.3. The molecule has 0 amide bonds. The largest absolute Gasteiger partial charge is 0.497 e. The van der Waals surface area contributed by atoms with Gasteiger partial charge in [-0.2, -0.15) is 5.10 Å². The number of rotatable bonds is 2. The van der Waals surface area contributed by atoms with E-state index in [1.807, 2.05) is 36.0 Å². The minimum atomic E-state index is 0.206. The summed E-state index contributed by atoms with van der Waals surface area (Å²) >= 11 is 0. The van der Waals surface area contributed by atoms with Crippen LogP contribution in [0.2, 0.25) is 0 Å². The van der Waals surface area contributed by atoms with Gasteiger partial charge in [0.25, 0.3) is 0 Å². The van der Waals surface area contributed by atoms with Gasteiger partial charge in [0.15, 0.2) is 5.78 Å². The molecule has 1 aromatic carbocycles. The molecule has 2 aromatic rings. The summed E-state index contributed by atoms with van der Waals surface area (Å²) in [5, 5.41) is 4.56. The van der Waals surface area contributed by atoms with Crippen LogP contribution >= 0.6 is 0 Å². The predicted octanol–water partition coefficient (Wildman–Crippen LogP) is 2.86. The van der Waals surface area contributed by atoms with Gasteiger partial charge >= 0.3 is 0 Å². The van der Waals surface area contributed by atoms with E-state index >= 15 is 0 Å². The number of hydrogen-bond donors (Lipinski definition) is 0. The van der Waals surface area contributed by atoms with Gasteiger partial charge in [-0.1, -0.05) is 6.92 Å². The molecule has 0 radical (unpaired) electrons. The fourth-order valence-electron chi connectivity index (χ4n) is 2.86. The Hall–Kier alpha value is -2.10. The maximum absolute atomic E-state index is 12.3. The molecular formula is C16H18N2O2. The smallest absolute Gasteiger partial charge is 0.167 e. The van der Waals surface area contributed by atoms with Gasteiger partial charge in [-0.25, -0.2) is 0 Å². The summed E-state index contributed by atoms with van der Waals surface area (Å²) in [7, 11) is 3.56. The Morgan fingerprint density at radius 3 is 2.60 bits per heavy atom. The predicted molar refractivity (Wildman–Crippen MR) is 77.0 cm³/mol. The van der Waals surface area contributed by atoms with E-state index in [2.05, 4.69) is 12.0 Å². The van der Waals surface area contributed by atoms with E-state index in [-0.39, 0.29) is 5.78 Å². The molecule has 1 aliphatic carbocycles. The lowest BCUT2D eigenvalue weighted by Crippen LogP contribution is -2.19. The normalized spacial score (nSPS) is 17.9. The molecule has 4 heteroatoms. The quantitative estimate of drug-likeness (QED) is 0.842. The van der Waals surface area contributed by atoms with Crippen LogP contribution in [0, 0.1) is 5.92 Å². The fourth-order valence-corrected chi connectivity index (χ4v) is 2.86. The first-order valence-corrected chi connectivity index (χ1v) is 6.83. The molecule has 0 spiro atoms. The molecule has 3 rings (SSSR count). The molecule has 0 bridgehead atoms. The van der Waals surface area contributed by atoms with Crippen molar-refractivity contribution >= 4 is 5.78 Å². The monoisotopic (exact) mass is 270 g/mol. The van der Waals surface area contributed by atoms with Crippen molar-refractivity contribution in [3.05, 3.63) is 35.5 Å². The third-order valence-electron chi connectivity index (χ3n) is 3.88. The molecule has 0 unspecified atom stereocenters. The van der Waals surface area contributed by atoms with Gasteiger partial charge in [-0.05, 0) is 36.6 Å². The van der Waals surface area contributed by atoms with Gasteiger partial charge in [0, 0.05) is 24.7 Å². The second-order valence-corrected chi connectivity index (χ2v) is 5.46. The lowest BCUT2D eigenvalue weighted by Gasteiger charge is -2.18. The molecule has 0 saturated heterocycles. The summed E-state index contributed by atoms with van der Waals surface area (Å²) in [6.07, 6.45) is 1.53. The van der Waals surface area contributed by atoms with Gasteiger partial charge < -0.3 is 4.74 Å². The van der Waals surface area contributed by atoms with Crippen molar-refractivity contribution in [2.75, 3.05) is 7.11 Å². The number of ether oxygens (including phenoxy) is 1. The Balaban J connectivity index is 2.10.